The van der Waals surface area contributed by atoms with Gasteiger partial charge >= 0.3 is 0 Å². The van der Waals surface area contributed by atoms with E-state index in [-0.39, 0.29) is 5.41 Å². The van der Waals surface area contributed by atoms with Crippen LogP contribution in [0.2, 0.25) is 0 Å². The highest BCUT2D eigenvalue weighted by Crippen LogP contribution is 2.71. The second-order valence-corrected chi connectivity index (χ2v) is 25.7. The summed E-state index contributed by atoms with van der Waals surface area (Å²) in [6.45, 7) is 0. The van der Waals surface area contributed by atoms with Gasteiger partial charge in [-0.15, -0.1) is 0 Å². The van der Waals surface area contributed by atoms with Crippen LogP contribution in [0.4, 0.5) is 17.1 Å². The Balaban J connectivity index is 0.885. The molecule has 4 saturated carbocycles. The average molecular weight is 952 g/mol. The molecule has 0 atom stereocenters. The maximum Gasteiger partial charge on any atom is 0.179 e. The molecule has 6 aliphatic rings. The first-order chi connectivity index (χ1) is 36.2. The second kappa shape index (κ2) is 16.6. The van der Waals surface area contributed by atoms with Gasteiger partial charge in [0.1, 0.15) is 0 Å². The van der Waals surface area contributed by atoms with Gasteiger partial charge < -0.3 is 4.90 Å². The third kappa shape index (κ3) is 6.08. The van der Waals surface area contributed by atoms with Gasteiger partial charge in [-0.05, 0) is 169 Å². The maximum atomic E-state index is 2.65. The van der Waals surface area contributed by atoms with Crippen molar-refractivity contribution in [1.29, 1.82) is 0 Å². The summed E-state index contributed by atoms with van der Waals surface area (Å²) in [6, 6.07) is 99.9. The number of hydrogen-bond donors (Lipinski definition) is 0. The van der Waals surface area contributed by atoms with E-state index in [4.69, 9.17) is 0 Å². The van der Waals surface area contributed by atoms with Crippen LogP contribution < -0.4 is 25.6 Å². The van der Waals surface area contributed by atoms with Gasteiger partial charge in [-0.2, -0.15) is 0 Å². The van der Waals surface area contributed by atoms with Gasteiger partial charge in [0.25, 0.3) is 0 Å². The number of fused-ring (bicyclic) bond motifs is 9. The number of nitrogens with zero attached hydrogens (tertiary/aromatic N) is 1. The third-order valence-corrected chi connectivity index (χ3v) is 23.5. The van der Waals surface area contributed by atoms with E-state index in [2.05, 4.69) is 266 Å². The van der Waals surface area contributed by atoms with Crippen molar-refractivity contribution in [1.82, 2.24) is 0 Å². The number of rotatable bonds is 8. The summed E-state index contributed by atoms with van der Waals surface area (Å²) in [6.07, 6.45) is 6.84. The summed E-state index contributed by atoms with van der Waals surface area (Å²) in [5.74, 6) is 3.04. The Hall–Kier alpha value is -7.78. The fourth-order valence-corrected chi connectivity index (χ4v) is 21.0. The average Bonchev–Trinajstić information content (AvgIpc) is 3.76. The van der Waals surface area contributed by atoms with E-state index in [0.29, 0.717) is 11.8 Å². The summed E-state index contributed by atoms with van der Waals surface area (Å²) in [4.78, 5) is 2.51. The van der Waals surface area contributed by atoms with E-state index < -0.39 is 13.5 Å². The van der Waals surface area contributed by atoms with E-state index >= 15 is 0 Å². The van der Waals surface area contributed by atoms with Crippen LogP contribution in [-0.2, 0) is 10.8 Å². The van der Waals surface area contributed by atoms with Crippen LogP contribution in [0.1, 0.15) is 65.5 Å². The molecule has 1 nitrogen and oxygen atoms in total. The standard InChI is InChI=1S/C71H57NSi/c1-5-19-55(20-6-1)72(56-37-33-51(34-38-56)52-35-40-61(41-36-52)73(58-21-7-2-8-22-58,59-23-9-3-10-24-59)60-25-11-4-12-26-60)57-39-42-68-69(48-57)71(64-29-15-13-27-62(64)63-28-14-16-30-65(63)71)67-32-18-17-31-66(67)70(68)53-44-49-43-50(46-53)47-54(70)45-49/h1-42,48-50,53-54H,43-47H2. The molecule has 10 aromatic carbocycles. The molecule has 0 unspecified atom stereocenters. The highest BCUT2D eigenvalue weighted by Gasteiger charge is 2.64. The first kappa shape index (κ1) is 42.9. The van der Waals surface area contributed by atoms with Crippen molar-refractivity contribution in [2.24, 2.45) is 23.7 Å². The van der Waals surface area contributed by atoms with Crippen molar-refractivity contribution in [3.05, 3.63) is 294 Å². The van der Waals surface area contributed by atoms with E-state index in [9.17, 15) is 0 Å². The molecule has 10 aromatic rings. The zero-order chi connectivity index (χ0) is 48.1. The molecule has 0 N–H and O–H groups in total. The SMILES string of the molecule is c1ccc(N(c2ccc(-c3ccc([Si](c4ccccc4)(c4ccccc4)c4ccccc4)cc3)cc2)c2ccc3c(c2)C2(c4ccccc4-c4ccccc42)c2ccccc2C32C3CC4CC(C3)CC2C4)cc1. The van der Waals surface area contributed by atoms with E-state index in [1.165, 1.54) is 103 Å². The van der Waals surface area contributed by atoms with Gasteiger partial charge in [0.15, 0.2) is 8.07 Å². The van der Waals surface area contributed by atoms with Crippen LogP contribution in [0, 0.1) is 23.7 Å². The quantitative estimate of drug-likeness (QED) is 0.108. The molecule has 4 bridgehead atoms. The third-order valence-electron chi connectivity index (χ3n) is 18.7. The lowest BCUT2D eigenvalue weighted by Gasteiger charge is -2.65. The Labute approximate surface area is 431 Å². The van der Waals surface area contributed by atoms with Crippen LogP contribution in [0.3, 0.4) is 0 Å². The summed E-state index contributed by atoms with van der Waals surface area (Å²) < 4.78 is 0. The van der Waals surface area contributed by atoms with E-state index in [1.807, 2.05) is 0 Å². The first-order valence-electron chi connectivity index (χ1n) is 26.8. The second-order valence-electron chi connectivity index (χ2n) is 21.9. The molecule has 350 valence electrons. The topological polar surface area (TPSA) is 3.24 Å². The molecule has 0 aliphatic heterocycles. The van der Waals surface area contributed by atoms with Gasteiger partial charge in [0.05, 0.1) is 5.41 Å². The molecule has 0 amide bonds. The lowest BCUT2D eigenvalue weighted by molar-refractivity contribution is -0.0440. The van der Waals surface area contributed by atoms with Gasteiger partial charge in [0, 0.05) is 22.5 Å². The summed E-state index contributed by atoms with van der Waals surface area (Å²) in [7, 11) is -2.63. The van der Waals surface area contributed by atoms with Crippen LogP contribution in [0.5, 0.6) is 0 Å². The minimum absolute atomic E-state index is 0.00415. The number of para-hydroxylation sites is 1. The molecule has 2 spiro atoms. The summed E-state index contributed by atoms with van der Waals surface area (Å²) in [5, 5.41) is 5.54. The van der Waals surface area contributed by atoms with Gasteiger partial charge in [0.2, 0.25) is 0 Å². The van der Waals surface area contributed by atoms with Crippen molar-refractivity contribution < 1.29 is 0 Å². The Bertz CT molecular complexity index is 3510. The van der Waals surface area contributed by atoms with Gasteiger partial charge in [-0.3, -0.25) is 0 Å². The number of hydrogen-bond acceptors (Lipinski definition) is 1. The Morgan fingerprint density at radius 3 is 1.21 bits per heavy atom. The Kier molecular flexibility index (Phi) is 9.76. The zero-order valence-corrected chi connectivity index (χ0v) is 42.1. The molecule has 4 fully saturated rings. The smallest absolute Gasteiger partial charge is 0.179 e. The van der Waals surface area contributed by atoms with Crippen LogP contribution >= 0.6 is 0 Å². The lowest BCUT2D eigenvalue weighted by atomic mass is 9.38. The normalized spacial score (nSPS) is 21.3. The fraction of sp³-hybridized carbons (Fsp3) is 0.155. The maximum absolute atomic E-state index is 2.65. The fourth-order valence-electron chi connectivity index (χ4n) is 16.2. The van der Waals surface area contributed by atoms with E-state index in [0.717, 1.165) is 23.2 Å². The van der Waals surface area contributed by atoms with Crippen molar-refractivity contribution in [3.8, 4) is 22.3 Å². The van der Waals surface area contributed by atoms with Crippen molar-refractivity contribution in [2.75, 3.05) is 4.90 Å². The highest BCUT2D eigenvalue weighted by atomic mass is 28.3. The number of benzene rings is 10. The molecular formula is C71H57NSi. The van der Waals surface area contributed by atoms with Gasteiger partial charge in [-0.25, -0.2) is 0 Å². The molecule has 2 heteroatoms. The predicted octanol–water partition coefficient (Wildman–Crippen LogP) is 14.6. The summed E-state index contributed by atoms with van der Waals surface area (Å²) in [5.41, 5.74) is 17.2. The monoisotopic (exact) mass is 951 g/mol. The summed E-state index contributed by atoms with van der Waals surface area (Å²) >= 11 is 0. The van der Waals surface area contributed by atoms with Crippen LogP contribution in [0.25, 0.3) is 22.3 Å². The largest absolute Gasteiger partial charge is 0.310 e. The molecule has 73 heavy (non-hydrogen) atoms. The minimum Gasteiger partial charge on any atom is -0.310 e. The molecular weight excluding hydrogens is 895 g/mol. The lowest BCUT2D eigenvalue weighted by Crippen LogP contribution is -2.74. The zero-order valence-electron chi connectivity index (χ0n) is 41.1. The molecule has 0 saturated heterocycles. The Morgan fingerprint density at radius 1 is 0.301 bits per heavy atom. The molecule has 0 radical (unpaired) electrons. The van der Waals surface area contributed by atoms with Crippen molar-refractivity contribution in [2.45, 2.75) is 42.9 Å². The molecule has 16 rings (SSSR count). The van der Waals surface area contributed by atoms with Crippen LogP contribution in [0.15, 0.2) is 261 Å². The highest BCUT2D eigenvalue weighted by molar-refractivity contribution is 7.19. The van der Waals surface area contributed by atoms with Gasteiger partial charge in [-0.1, -0.05) is 224 Å². The first-order valence-corrected chi connectivity index (χ1v) is 28.8. The van der Waals surface area contributed by atoms with Crippen molar-refractivity contribution in [3.63, 3.8) is 0 Å². The number of anilines is 3. The molecule has 0 heterocycles. The van der Waals surface area contributed by atoms with E-state index in [1.54, 1.807) is 11.1 Å². The van der Waals surface area contributed by atoms with Crippen molar-refractivity contribution >= 4 is 45.9 Å². The van der Waals surface area contributed by atoms with Crippen LogP contribution in [-0.4, -0.2) is 8.07 Å². The molecule has 0 aromatic heterocycles. The predicted molar refractivity (Wildman–Crippen MR) is 305 cm³/mol. The molecule has 6 aliphatic carbocycles. The minimum atomic E-state index is -2.63. The Morgan fingerprint density at radius 2 is 0.685 bits per heavy atom.